The lowest BCUT2D eigenvalue weighted by Crippen LogP contribution is -2.29. The van der Waals surface area contributed by atoms with E-state index in [9.17, 15) is 17.8 Å². The number of sulfonamides is 1. The Morgan fingerprint density at radius 1 is 1.21 bits per heavy atom. The number of nitrogens with two attached hydrogens (primary N) is 1. The summed E-state index contributed by atoms with van der Waals surface area (Å²) in [6.07, 6.45) is 0. The first-order valence-electron chi connectivity index (χ1n) is 6.91. The summed E-state index contributed by atoms with van der Waals surface area (Å²) in [6, 6.07) is 3.70. The molecule has 2 aromatic rings. The quantitative estimate of drug-likeness (QED) is 0.718. The Balaban J connectivity index is 2.78. The molecule has 24 heavy (non-hydrogen) atoms. The van der Waals surface area contributed by atoms with E-state index in [1.807, 2.05) is 0 Å². The molecule has 0 fully saturated rings. The summed E-state index contributed by atoms with van der Waals surface area (Å²) in [5.74, 6) is 0. The number of fused-ring (bicyclic) bond motifs is 1. The van der Waals surface area contributed by atoms with Gasteiger partial charge in [0.1, 0.15) is 10.2 Å². The van der Waals surface area contributed by atoms with Gasteiger partial charge in [-0.05, 0) is 32.0 Å². The van der Waals surface area contributed by atoms with Crippen molar-refractivity contribution in [1.29, 1.82) is 0 Å². The number of pyridine rings is 1. The van der Waals surface area contributed by atoms with E-state index < -0.39 is 23.2 Å². The maximum atomic E-state index is 12.8. The van der Waals surface area contributed by atoms with Crippen molar-refractivity contribution < 1.29 is 22.0 Å². The molecule has 0 saturated heterocycles. The molecule has 2 rings (SSSR count). The van der Waals surface area contributed by atoms with Crippen LogP contribution in [-0.2, 0) is 23.6 Å². The summed E-state index contributed by atoms with van der Waals surface area (Å²) in [7, 11) is -7.90. The zero-order valence-electron chi connectivity index (χ0n) is 12.9. The molecule has 8 nitrogen and oxygen atoms in total. The highest BCUT2D eigenvalue weighted by molar-refractivity contribution is 7.89. The van der Waals surface area contributed by atoms with E-state index in [0.717, 1.165) is 0 Å². The molecule has 1 heterocycles. The largest absolute Gasteiger partial charge is 0.366 e. The summed E-state index contributed by atoms with van der Waals surface area (Å²) in [5, 5.41) is 5.03. The SMILES string of the molecule is CCOP(=O)(OCC)c1cc2cc(S(N)(=O)=O)c(Cl)cc2[nH]c1=O. The van der Waals surface area contributed by atoms with Gasteiger partial charge < -0.3 is 14.0 Å². The fraction of sp³-hybridized carbons (Fsp3) is 0.308. The Morgan fingerprint density at radius 2 is 1.79 bits per heavy atom. The second kappa shape index (κ2) is 6.95. The molecule has 0 bridgehead atoms. The second-order valence-electron chi connectivity index (χ2n) is 4.73. The van der Waals surface area contributed by atoms with Gasteiger partial charge in [0.05, 0.1) is 18.2 Å². The first-order valence-corrected chi connectivity index (χ1v) is 10.4. The highest BCUT2D eigenvalue weighted by Crippen LogP contribution is 2.46. The van der Waals surface area contributed by atoms with E-state index in [0.29, 0.717) is 0 Å². The summed E-state index contributed by atoms with van der Waals surface area (Å²) in [5.41, 5.74) is -0.409. The van der Waals surface area contributed by atoms with E-state index in [-0.39, 0.29) is 39.3 Å². The first-order chi connectivity index (χ1) is 11.1. The van der Waals surface area contributed by atoms with Crippen LogP contribution in [0.2, 0.25) is 5.02 Å². The van der Waals surface area contributed by atoms with Gasteiger partial charge in [-0.25, -0.2) is 13.6 Å². The molecule has 1 aromatic carbocycles. The van der Waals surface area contributed by atoms with Gasteiger partial charge in [0.2, 0.25) is 10.0 Å². The molecule has 0 radical (unpaired) electrons. The minimum Gasteiger partial charge on any atom is -0.321 e. The number of hydrogen-bond donors (Lipinski definition) is 2. The molecule has 0 atom stereocenters. The Morgan fingerprint density at radius 3 is 2.29 bits per heavy atom. The number of H-pyrrole nitrogens is 1. The minimum absolute atomic E-state index is 0.0673. The van der Waals surface area contributed by atoms with E-state index in [4.69, 9.17) is 25.8 Å². The lowest BCUT2D eigenvalue weighted by molar-refractivity contribution is 0.229. The predicted octanol–water partition coefficient (Wildman–Crippen LogP) is 1.72. The van der Waals surface area contributed by atoms with Crippen molar-refractivity contribution >= 4 is 45.4 Å². The molecule has 3 N–H and O–H groups in total. The smallest absolute Gasteiger partial charge is 0.321 e. The first kappa shape index (κ1) is 19.1. The third-order valence-electron chi connectivity index (χ3n) is 3.08. The van der Waals surface area contributed by atoms with Crippen molar-refractivity contribution in [3.05, 3.63) is 33.6 Å². The van der Waals surface area contributed by atoms with Gasteiger partial charge in [0, 0.05) is 10.9 Å². The van der Waals surface area contributed by atoms with Gasteiger partial charge in [-0.2, -0.15) is 0 Å². The summed E-state index contributed by atoms with van der Waals surface area (Å²) in [6.45, 7) is 3.36. The number of primary sulfonamides is 1. The molecule has 0 aliphatic rings. The molecule has 1 aromatic heterocycles. The maximum absolute atomic E-state index is 12.8. The van der Waals surface area contributed by atoms with Crippen LogP contribution in [-0.4, -0.2) is 26.6 Å². The standard InChI is InChI=1S/C13H16ClN2O6PS/c1-3-21-23(18,22-4-2)11-5-8-6-12(24(15,19)20)9(14)7-10(8)16-13(11)17/h5-7H,3-4H2,1-2H3,(H,16,17)(H2,15,19,20). The predicted molar refractivity (Wildman–Crippen MR) is 91.4 cm³/mol. The lowest BCUT2D eigenvalue weighted by atomic mass is 10.2. The van der Waals surface area contributed by atoms with Crippen LogP contribution >= 0.6 is 19.2 Å². The number of halogens is 1. The van der Waals surface area contributed by atoms with Crippen molar-refractivity contribution in [2.45, 2.75) is 18.7 Å². The third-order valence-corrected chi connectivity index (χ3v) is 6.57. The van der Waals surface area contributed by atoms with Crippen molar-refractivity contribution in [2.24, 2.45) is 5.14 Å². The Bertz CT molecular complexity index is 978. The third kappa shape index (κ3) is 3.72. The van der Waals surface area contributed by atoms with Crippen LogP contribution in [0.3, 0.4) is 0 Å². The van der Waals surface area contributed by atoms with Crippen LogP contribution in [0.1, 0.15) is 13.8 Å². The zero-order chi connectivity index (χ0) is 18.1. The molecule has 0 unspecified atom stereocenters. The number of hydrogen-bond acceptors (Lipinski definition) is 6. The Kier molecular flexibility index (Phi) is 5.54. The topological polar surface area (TPSA) is 129 Å². The second-order valence-corrected chi connectivity index (χ2v) is 8.66. The van der Waals surface area contributed by atoms with Crippen LogP contribution in [0, 0.1) is 0 Å². The zero-order valence-corrected chi connectivity index (χ0v) is 15.4. The molecule has 11 heteroatoms. The molecule has 0 saturated carbocycles. The minimum atomic E-state index is -4.06. The van der Waals surface area contributed by atoms with E-state index >= 15 is 0 Å². The summed E-state index contributed by atoms with van der Waals surface area (Å²) in [4.78, 5) is 14.4. The Hall–Kier alpha value is -1.22. The normalized spacial score (nSPS) is 12.7. The van der Waals surface area contributed by atoms with E-state index in [2.05, 4.69) is 4.98 Å². The average molecular weight is 395 g/mol. The van der Waals surface area contributed by atoms with E-state index in [1.165, 1.54) is 18.2 Å². The molecular weight excluding hydrogens is 379 g/mol. The number of nitrogens with one attached hydrogen (secondary N) is 1. The van der Waals surface area contributed by atoms with Crippen LogP contribution in [0.5, 0.6) is 0 Å². The highest BCUT2D eigenvalue weighted by atomic mass is 35.5. The van der Waals surface area contributed by atoms with Crippen LogP contribution in [0.4, 0.5) is 0 Å². The van der Waals surface area contributed by atoms with E-state index in [1.54, 1.807) is 13.8 Å². The molecule has 0 amide bonds. The van der Waals surface area contributed by atoms with Crippen molar-refractivity contribution in [2.75, 3.05) is 13.2 Å². The fourth-order valence-corrected chi connectivity index (χ4v) is 4.88. The number of benzene rings is 1. The van der Waals surface area contributed by atoms with Crippen molar-refractivity contribution in [1.82, 2.24) is 4.98 Å². The van der Waals surface area contributed by atoms with Gasteiger partial charge in [0.25, 0.3) is 5.56 Å². The molecule has 0 aliphatic heterocycles. The van der Waals surface area contributed by atoms with Crippen molar-refractivity contribution in [3.63, 3.8) is 0 Å². The highest BCUT2D eigenvalue weighted by Gasteiger charge is 2.30. The summed E-state index contributed by atoms with van der Waals surface area (Å²) >= 11 is 5.88. The van der Waals surface area contributed by atoms with Gasteiger partial charge in [-0.3, -0.25) is 9.36 Å². The molecule has 132 valence electrons. The van der Waals surface area contributed by atoms with Gasteiger partial charge in [-0.1, -0.05) is 11.6 Å². The average Bonchev–Trinajstić information content (AvgIpc) is 2.45. The molecular formula is C13H16ClN2O6PS. The van der Waals surface area contributed by atoms with Crippen molar-refractivity contribution in [3.8, 4) is 0 Å². The van der Waals surface area contributed by atoms with Crippen LogP contribution in [0.15, 0.2) is 27.9 Å². The van der Waals surface area contributed by atoms with Crippen LogP contribution in [0.25, 0.3) is 10.9 Å². The number of aromatic amines is 1. The van der Waals surface area contributed by atoms with Gasteiger partial charge in [0.15, 0.2) is 0 Å². The maximum Gasteiger partial charge on any atom is 0.366 e. The molecule has 0 aliphatic carbocycles. The molecule has 0 spiro atoms. The Labute approximate surface area is 143 Å². The number of rotatable bonds is 6. The monoisotopic (exact) mass is 394 g/mol. The van der Waals surface area contributed by atoms with Crippen LogP contribution < -0.4 is 16.0 Å². The lowest BCUT2D eigenvalue weighted by Gasteiger charge is -2.17. The fourth-order valence-electron chi connectivity index (χ4n) is 2.13. The number of aromatic nitrogens is 1. The summed E-state index contributed by atoms with van der Waals surface area (Å²) < 4.78 is 46.2. The van der Waals surface area contributed by atoms with Gasteiger partial charge in [-0.15, -0.1) is 0 Å². The van der Waals surface area contributed by atoms with Gasteiger partial charge >= 0.3 is 7.60 Å².